The Morgan fingerprint density at radius 1 is 1.20 bits per heavy atom. The SMILES string of the molecule is CCCCC(=O)OC1(CC)CCCCC1. The van der Waals surface area contributed by atoms with Gasteiger partial charge >= 0.3 is 5.97 Å². The van der Waals surface area contributed by atoms with E-state index >= 15 is 0 Å². The number of hydrogen-bond donors (Lipinski definition) is 0. The lowest BCUT2D eigenvalue weighted by atomic mass is 9.83. The van der Waals surface area contributed by atoms with E-state index in [1.807, 2.05) is 0 Å². The maximum Gasteiger partial charge on any atom is 0.306 e. The van der Waals surface area contributed by atoms with Gasteiger partial charge in [0, 0.05) is 6.42 Å². The summed E-state index contributed by atoms with van der Waals surface area (Å²) in [5.74, 6) is 0.0144. The highest BCUT2D eigenvalue weighted by molar-refractivity contribution is 5.69. The molecule has 0 radical (unpaired) electrons. The van der Waals surface area contributed by atoms with Gasteiger partial charge < -0.3 is 4.74 Å². The van der Waals surface area contributed by atoms with E-state index in [1.165, 1.54) is 19.3 Å². The first kappa shape index (κ1) is 12.5. The third-order valence-electron chi connectivity index (χ3n) is 3.47. The number of ether oxygens (including phenoxy) is 1. The zero-order chi connectivity index (χ0) is 11.1. The lowest BCUT2D eigenvalue weighted by molar-refractivity contribution is -0.164. The topological polar surface area (TPSA) is 26.3 Å². The van der Waals surface area contributed by atoms with Crippen LogP contribution in [-0.2, 0) is 9.53 Å². The van der Waals surface area contributed by atoms with Gasteiger partial charge in [0.15, 0.2) is 0 Å². The van der Waals surface area contributed by atoms with E-state index < -0.39 is 0 Å². The first-order valence-electron chi connectivity index (χ1n) is 6.44. The average molecular weight is 212 g/mol. The summed E-state index contributed by atoms with van der Waals surface area (Å²) in [5, 5.41) is 0. The molecule has 1 saturated carbocycles. The molecule has 2 heteroatoms. The third kappa shape index (κ3) is 3.84. The number of unbranched alkanes of at least 4 members (excludes halogenated alkanes) is 1. The maximum atomic E-state index is 11.6. The van der Waals surface area contributed by atoms with E-state index in [1.54, 1.807) is 0 Å². The molecular weight excluding hydrogens is 188 g/mol. The maximum absolute atomic E-state index is 11.6. The summed E-state index contributed by atoms with van der Waals surface area (Å²) in [4.78, 5) is 11.6. The van der Waals surface area contributed by atoms with Crippen molar-refractivity contribution >= 4 is 5.97 Å². The van der Waals surface area contributed by atoms with Gasteiger partial charge in [-0.25, -0.2) is 0 Å². The third-order valence-corrected chi connectivity index (χ3v) is 3.47. The Labute approximate surface area is 93.4 Å². The molecule has 1 aliphatic rings. The quantitative estimate of drug-likeness (QED) is 0.647. The van der Waals surface area contributed by atoms with Gasteiger partial charge in [-0.1, -0.05) is 26.7 Å². The molecule has 1 rings (SSSR count). The molecule has 0 aromatic carbocycles. The molecule has 0 spiro atoms. The zero-order valence-corrected chi connectivity index (χ0v) is 10.2. The minimum Gasteiger partial charge on any atom is -0.459 e. The van der Waals surface area contributed by atoms with Crippen LogP contribution in [-0.4, -0.2) is 11.6 Å². The minimum absolute atomic E-state index is 0.0144. The molecule has 0 N–H and O–H groups in total. The predicted octanol–water partition coefficient (Wildman–Crippen LogP) is 3.83. The Morgan fingerprint density at radius 3 is 2.40 bits per heavy atom. The second kappa shape index (κ2) is 6.14. The lowest BCUT2D eigenvalue weighted by Gasteiger charge is -2.36. The Balaban J connectivity index is 2.40. The molecule has 0 aromatic rings. The molecule has 88 valence electrons. The van der Waals surface area contributed by atoms with Gasteiger partial charge in [0.05, 0.1) is 0 Å². The van der Waals surface area contributed by atoms with Crippen molar-refractivity contribution in [3.63, 3.8) is 0 Å². The fourth-order valence-corrected chi connectivity index (χ4v) is 2.34. The Hall–Kier alpha value is -0.530. The van der Waals surface area contributed by atoms with Crippen molar-refractivity contribution in [2.24, 2.45) is 0 Å². The second-order valence-corrected chi connectivity index (χ2v) is 4.67. The van der Waals surface area contributed by atoms with Crippen molar-refractivity contribution in [2.75, 3.05) is 0 Å². The van der Waals surface area contributed by atoms with Crippen LogP contribution in [0.1, 0.15) is 71.6 Å². The Kier molecular flexibility index (Phi) is 5.13. The van der Waals surface area contributed by atoms with E-state index in [0.29, 0.717) is 6.42 Å². The fourth-order valence-electron chi connectivity index (χ4n) is 2.34. The molecule has 1 fully saturated rings. The molecule has 0 atom stereocenters. The highest BCUT2D eigenvalue weighted by atomic mass is 16.6. The summed E-state index contributed by atoms with van der Waals surface area (Å²) in [6, 6.07) is 0. The molecule has 2 nitrogen and oxygen atoms in total. The molecular formula is C13H24O2. The molecule has 0 unspecified atom stereocenters. The van der Waals surface area contributed by atoms with Crippen molar-refractivity contribution < 1.29 is 9.53 Å². The van der Waals surface area contributed by atoms with Crippen molar-refractivity contribution in [3.8, 4) is 0 Å². The highest BCUT2D eigenvalue weighted by Gasteiger charge is 2.33. The largest absolute Gasteiger partial charge is 0.459 e. The normalized spacial score (nSPS) is 19.9. The van der Waals surface area contributed by atoms with Crippen LogP contribution in [0.25, 0.3) is 0 Å². The van der Waals surface area contributed by atoms with E-state index in [0.717, 1.165) is 32.1 Å². The number of carbonyl (C=O) groups is 1. The number of esters is 1. The van der Waals surface area contributed by atoms with E-state index in [4.69, 9.17) is 4.74 Å². The van der Waals surface area contributed by atoms with Crippen molar-refractivity contribution in [1.29, 1.82) is 0 Å². The monoisotopic (exact) mass is 212 g/mol. The summed E-state index contributed by atoms with van der Waals surface area (Å²) < 4.78 is 5.69. The first-order chi connectivity index (χ1) is 7.22. The molecule has 0 aromatic heterocycles. The van der Waals surface area contributed by atoms with Crippen LogP contribution in [0.4, 0.5) is 0 Å². The fraction of sp³-hybridized carbons (Fsp3) is 0.923. The minimum atomic E-state index is -0.108. The van der Waals surface area contributed by atoms with Gasteiger partial charge in [-0.05, 0) is 38.5 Å². The molecule has 1 aliphatic carbocycles. The summed E-state index contributed by atoms with van der Waals surface area (Å²) in [6.45, 7) is 4.24. The van der Waals surface area contributed by atoms with E-state index in [9.17, 15) is 4.79 Å². The van der Waals surface area contributed by atoms with Gasteiger partial charge in [-0.3, -0.25) is 4.79 Å². The molecule has 15 heavy (non-hydrogen) atoms. The van der Waals surface area contributed by atoms with Crippen LogP contribution >= 0.6 is 0 Å². The van der Waals surface area contributed by atoms with Crippen LogP contribution in [0.15, 0.2) is 0 Å². The van der Waals surface area contributed by atoms with Crippen LogP contribution < -0.4 is 0 Å². The van der Waals surface area contributed by atoms with E-state index in [2.05, 4.69) is 13.8 Å². The summed E-state index contributed by atoms with van der Waals surface area (Å²) in [6.07, 6.45) is 9.47. The molecule has 0 bridgehead atoms. The van der Waals surface area contributed by atoms with Gasteiger partial charge in [-0.15, -0.1) is 0 Å². The van der Waals surface area contributed by atoms with Gasteiger partial charge in [0.2, 0.25) is 0 Å². The van der Waals surface area contributed by atoms with Crippen molar-refractivity contribution in [1.82, 2.24) is 0 Å². The predicted molar refractivity (Wildman–Crippen MR) is 61.7 cm³/mol. The summed E-state index contributed by atoms with van der Waals surface area (Å²) >= 11 is 0. The number of carbonyl (C=O) groups excluding carboxylic acids is 1. The smallest absolute Gasteiger partial charge is 0.306 e. The van der Waals surface area contributed by atoms with Gasteiger partial charge in [0.1, 0.15) is 5.60 Å². The van der Waals surface area contributed by atoms with Crippen LogP contribution in [0.5, 0.6) is 0 Å². The second-order valence-electron chi connectivity index (χ2n) is 4.67. The van der Waals surface area contributed by atoms with Crippen molar-refractivity contribution in [2.45, 2.75) is 77.2 Å². The molecule has 0 saturated heterocycles. The molecule has 0 heterocycles. The lowest BCUT2D eigenvalue weighted by Crippen LogP contribution is -2.36. The molecule has 0 amide bonds. The van der Waals surface area contributed by atoms with E-state index in [-0.39, 0.29) is 11.6 Å². The molecule has 0 aliphatic heterocycles. The summed E-state index contributed by atoms with van der Waals surface area (Å²) in [7, 11) is 0. The standard InChI is InChI=1S/C13H24O2/c1-3-5-9-12(14)15-13(4-2)10-7-6-8-11-13/h3-11H2,1-2H3. The van der Waals surface area contributed by atoms with Gasteiger partial charge in [0.25, 0.3) is 0 Å². The first-order valence-corrected chi connectivity index (χ1v) is 6.44. The Bertz CT molecular complexity index is 193. The van der Waals surface area contributed by atoms with Crippen LogP contribution in [0.2, 0.25) is 0 Å². The van der Waals surface area contributed by atoms with Crippen molar-refractivity contribution in [3.05, 3.63) is 0 Å². The highest BCUT2D eigenvalue weighted by Crippen LogP contribution is 2.34. The van der Waals surface area contributed by atoms with Gasteiger partial charge in [-0.2, -0.15) is 0 Å². The zero-order valence-electron chi connectivity index (χ0n) is 10.2. The Morgan fingerprint density at radius 2 is 1.87 bits per heavy atom. The summed E-state index contributed by atoms with van der Waals surface area (Å²) in [5.41, 5.74) is -0.108. The number of rotatable bonds is 5. The van der Waals surface area contributed by atoms with Crippen LogP contribution in [0, 0.1) is 0 Å². The van der Waals surface area contributed by atoms with Crippen LogP contribution in [0.3, 0.4) is 0 Å². The average Bonchev–Trinajstić information content (AvgIpc) is 2.27. The number of hydrogen-bond acceptors (Lipinski definition) is 2.